The molecule has 1 saturated heterocycles. The van der Waals surface area contributed by atoms with Gasteiger partial charge in [0.1, 0.15) is 0 Å². The van der Waals surface area contributed by atoms with Crippen LogP contribution in [0.1, 0.15) is 27.9 Å². The first-order chi connectivity index (χ1) is 18.8. The number of halogens is 6. The van der Waals surface area contributed by atoms with Crippen molar-refractivity contribution < 1.29 is 41.0 Å². The average Bonchev–Trinajstić information content (AvgIpc) is 3.41. The van der Waals surface area contributed by atoms with Crippen molar-refractivity contribution in [3.63, 3.8) is 0 Å². The summed E-state index contributed by atoms with van der Waals surface area (Å²) in [6.07, 6.45) is -8.60. The van der Waals surface area contributed by atoms with Crippen LogP contribution in [0.15, 0.2) is 46.3 Å². The Hall–Kier alpha value is -3.36. The van der Waals surface area contributed by atoms with Gasteiger partial charge >= 0.3 is 12.4 Å². The summed E-state index contributed by atoms with van der Waals surface area (Å²) < 4.78 is 86.8. The van der Waals surface area contributed by atoms with E-state index < -0.39 is 35.9 Å². The summed E-state index contributed by atoms with van der Waals surface area (Å²) in [5.41, 5.74) is -1.47. The van der Waals surface area contributed by atoms with E-state index in [-0.39, 0.29) is 24.3 Å². The van der Waals surface area contributed by atoms with E-state index >= 15 is 0 Å². The predicted molar refractivity (Wildman–Crippen MR) is 136 cm³/mol. The Morgan fingerprint density at radius 1 is 1.12 bits per heavy atom. The van der Waals surface area contributed by atoms with Crippen LogP contribution in [-0.4, -0.2) is 63.3 Å². The standard InChI is InChI=1S/C26H22F6N4O3S/c1-14-19-8-15(9-22-23(38)33-24(40-22)35-6-7-39-18(12-35)13-37)2-5-21(19)36(34-14)11-16-3-4-17(25(27,28)29)10-20(16)26(30,31)32/h2-5,8-10,18,37H,6-7,11-13H2,1H3/b22-9-/t18-/m0/s1. The second kappa shape index (κ2) is 10.6. The van der Waals surface area contributed by atoms with Crippen LogP contribution < -0.4 is 0 Å². The molecule has 3 aromatic rings. The van der Waals surface area contributed by atoms with Crippen LogP contribution in [0.3, 0.4) is 0 Å². The monoisotopic (exact) mass is 584 g/mol. The van der Waals surface area contributed by atoms with E-state index in [2.05, 4.69) is 10.1 Å². The zero-order chi connectivity index (χ0) is 28.8. The van der Waals surface area contributed by atoms with Crippen molar-refractivity contribution in [2.75, 3.05) is 26.3 Å². The van der Waals surface area contributed by atoms with E-state index in [1.807, 2.05) is 4.90 Å². The third-order valence-electron chi connectivity index (χ3n) is 6.54. The van der Waals surface area contributed by atoms with Gasteiger partial charge in [-0.1, -0.05) is 12.1 Å². The first-order valence-electron chi connectivity index (χ1n) is 12.1. The average molecular weight is 585 g/mol. The second-order valence-electron chi connectivity index (χ2n) is 9.32. The number of carbonyl (C=O) groups is 1. The number of fused-ring (bicyclic) bond motifs is 1. The molecule has 0 unspecified atom stereocenters. The number of morpholine rings is 1. The molecule has 1 amide bonds. The molecule has 0 saturated carbocycles. The summed E-state index contributed by atoms with van der Waals surface area (Å²) >= 11 is 1.20. The first kappa shape index (κ1) is 28.2. The maximum Gasteiger partial charge on any atom is 0.416 e. The number of carbonyl (C=O) groups excluding carboxylic acids is 1. The Labute approximate surface area is 228 Å². The molecular weight excluding hydrogens is 562 g/mol. The van der Waals surface area contributed by atoms with Gasteiger partial charge in [-0.05, 0) is 60.2 Å². The zero-order valence-electron chi connectivity index (χ0n) is 20.9. The molecule has 212 valence electrons. The highest BCUT2D eigenvalue weighted by Gasteiger charge is 2.38. The summed E-state index contributed by atoms with van der Waals surface area (Å²) in [6.45, 7) is 2.46. The minimum absolute atomic E-state index is 0.117. The number of hydrogen-bond donors (Lipinski definition) is 1. The highest BCUT2D eigenvalue weighted by molar-refractivity contribution is 8.18. The lowest BCUT2D eigenvalue weighted by molar-refractivity contribution is -0.143. The SMILES string of the molecule is Cc1nn(Cc2ccc(C(F)(F)F)cc2C(F)(F)F)c2ccc(/C=C3\SC(N4CCO[C@H](CO)C4)=NC3=O)cc12. The molecule has 2 aromatic carbocycles. The van der Waals surface area contributed by atoms with Gasteiger partial charge in [0.2, 0.25) is 0 Å². The highest BCUT2D eigenvalue weighted by Crippen LogP contribution is 2.38. The van der Waals surface area contributed by atoms with Crippen LogP contribution in [0.2, 0.25) is 0 Å². The number of alkyl halides is 6. The number of nitrogens with zero attached hydrogens (tertiary/aromatic N) is 4. The number of amidine groups is 1. The van der Waals surface area contributed by atoms with Crippen molar-refractivity contribution in [1.82, 2.24) is 14.7 Å². The molecule has 7 nitrogen and oxygen atoms in total. The Morgan fingerprint density at radius 2 is 1.90 bits per heavy atom. The fourth-order valence-corrected chi connectivity index (χ4v) is 5.52. The Kier molecular flexibility index (Phi) is 7.44. The lowest BCUT2D eigenvalue weighted by Crippen LogP contribution is -2.45. The molecule has 40 heavy (non-hydrogen) atoms. The van der Waals surface area contributed by atoms with Gasteiger partial charge < -0.3 is 14.7 Å². The number of rotatable bonds is 4. The third kappa shape index (κ3) is 5.74. The number of aryl methyl sites for hydroxylation is 1. The molecule has 1 aromatic heterocycles. The molecule has 1 fully saturated rings. The Bertz CT molecular complexity index is 1530. The first-order valence-corrected chi connectivity index (χ1v) is 12.9. The van der Waals surface area contributed by atoms with E-state index in [4.69, 9.17) is 4.74 Å². The molecule has 0 radical (unpaired) electrons. The lowest BCUT2D eigenvalue weighted by Gasteiger charge is -2.32. The van der Waals surface area contributed by atoms with Gasteiger partial charge in [0.05, 0.1) is 53.1 Å². The largest absolute Gasteiger partial charge is 0.416 e. The number of amides is 1. The number of aliphatic hydroxyl groups excluding tert-OH is 1. The molecule has 14 heteroatoms. The molecule has 2 aliphatic rings. The molecule has 5 rings (SSSR count). The van der Waals surface area contributed by atoms with Crippen LogP contribution in [0.5, 0.6) is 0 Å². The topological polar surface area (TPSA) is 80.0 Å². The number of benzene rings is 2. The smallest absolute Gasteiger partial charge is 0.394 e. The zero-order valence-corrected chi connectivity index (χ0v) is 21.7. The van der Waals surface area contributed by atoms with E-state index in [9.17, 15) is 36.2 Å². The number of aromatic nitrogens is 2. The van der Waals surface area contributed by atoms with Gasteiger partial charge in [0.15, 0.2) is 5.17 Å². The van der Waals surface area contributed by atoms with Crippen molar-refractivity contribution in [2.24, 2.45) is 4.99 Å². The third-order valence-corrected chi connectivity index (χ3v) is 7.59. The number of thioether (sulfide) groups is 1. The molecule has 1 N–H and O–H groups in total. The molecule has 3 heterocycles. The van der Waals surface area contributed by atoms with Crippen molar-refractivity contribution in [1.29, 1.82) is 0 Å². The maximum absolute atomic E-state index is 13.6. The number of hydrogen-bond acceptors (Lipinski definition) is 6. The summed E-state index contributed by atoms with van der Waals surface area (Å²) in [4.78, 5) is 18.9. The molecular formula is C26H22F6N4O3S. The molecule has 0 bridgehead atoms. The minimum atomic E-state index is -4.99. The van der Waals surface area contributed by atoms with Crippen LogP contribution in [-0.2, 0) is 28.4 Å². The predicted octanol–water partition coefficient (Wildman–Crippen LogP) is 5.09. The maximum atomic E-state index is 13.6. The Balaban J connectivity index is 1.40. The highest BCUT2D eigenvalue weighted by atomic mass is 32.2. The number of ether oxygens (including phenoxy) is 1. The van der Waals surface area contributed by atoms with E-state index in [0.29, 0.717) is 58.0 Å². The lowest BCUT2D eigenvalue weighted by atomic mass is 10.0. The summed E-state index contributed by atoms with van der Waals surface area (Å²) in [7, 11) is 0. The fourth-order valence-electron chi connectivity index (χ4n) is 4.57. The van der Waals surface area contributed by atoms with E-state index in [0.717, 1.165) is 6.07 Å². The van der Waals surface area contributed by atoms with Gasteiger partial charge in [-0.25, -0.2) is 0 Å². The molecule has 1 atom stereocenters. The van der Waals surface area contributed by atoms with Gasteiger partial charge in [0.25, 0.3) is 5.91 Å². The normalized spacial score (nSPS) is 19.6. The van der Waals surface area contributed by atoms with Gasteiger partial charge in [0, 0.05) is 18.5 Å². The molecule has 0 aliphatic carbocycles. The van der Waals surface area contributed by atoms with Gasteiger partial charge in [-0.15, -0.1) is 0 Å². The number of aliphatic hydroxyl groups is 1. The van der Waals surface area contributed by atoms with Gasteiger partial charge in [-0.2, -0.15) is 36.4 Å². The second-order valence-corrected chi connectivity index (χ2v) is 10.3. The molecule has 2 aliphatic heterocycles. The van der Waals surface area contributed by atoms with Crippen molar-refractivity contribution in [3.05, 3.63) is 69.3 Å². The minimum Gasteiger partial charge on any atom is -0.394 e. The van der Waals surface area contributed by atoms with E-state index in [1.54, 1.807) is 31.2 Å². The van der Waals surface area contributed by atoms with Gasteiger partial charge in [-0.3, -0.25) is 9.48 Å². The van der Waals surface area contributed by atoms with Crippen molar-refractivity contribution in [3.8, 4) is 0 Å². The number of aliphatic imine (C=N–C) groups is 1. The summed E-state index contributed by atoms with van der Waals surface area (Å²) in [6, 6.07) is 6.62. The van der Waals surface area contributed by atoms with Crippen LogP contribution in [0.4, 0.5) is 26.3 Å². The van der Waals surface area contributed by atoms with E-state index in [1.165, 1.54) is 16.4 Å². The molecule has 0 spiro atoms. The summed E-state index contributed by atoms with van der Waals surface area (Å²) in [5.74, 6) is -0.415. The van der Waals surface area contributed by atoms with Crippen LogP contribution >= 0.6 is 11.8 Å². The van der Waals surface area contributed by atoms with Crippen LogP contribution in [0.25, 0.3) is 17.0 Å². The summed E-state index contributed by atoms with van der Waals surface area (Å²) in [5, 5.41) is 14.8. The van der Waals surface area contributed by atoms with Crippen LogP contribution in [0, 0.1) is 6.92 Å². The van der Waals surface area contributed by atoms with Crippen molar-refractivity contribution in [2.45, 2.75) is 31.9 Å². The fraction of sp³-hybridized carbons (Fsp3) is 0.346. The Morgan fingerprint density at radius 3 is 2.60 bits per heavy atom. The quantitative estimate of drug-likeness (QED) is 0.340. The van der Waals surface area contributed by atoms with Crippen molar-refractivity contribution >= 4 is 39.8 Å².